The van der Waals surface area contributed by atoms with Gasteiger partial charge in [-0.2, -0.15) is 0 Å². The van der Waals surface area contributed by atoms with Crippen LogP contribution < -0.4 is 9.47 Å². The van der Waals surface area contributed by atoms with Crippen molar-refractivity contribution in [1.29, 1.82) is 0 Å². The molecule has 6 heteroatoms. The lowest BCUT2D eigenvalue weighted by molar-refractivity contribution is -0.384. The molecule has 2 aromatic rings. The molecule has 0 fully saturated rings. The molecule has 0 aliphatic carbocycles. The summed E-state index contributed by atoms with van der Waals surface area (Å²) in [5.74, 6) is 0.825. The Kier molecular flexibility index (Phi) is 5.77. The highest BCUT2D eigenvalue weighted by atomic mass is 16.6. The molecular formula is C20H21NO5. The van der Waals surface area contributed by atoms with E-state index in [2.05, 4.69) is 6.58 Å². The first-order valence-electron chi connectivity index (χ1n) is 8.05. The Morgan fingerprint density at radius 1 is 1.19 bits per heavy atom. The minimum Gasteiger partial charge on any atom is -0.489 e. The minimum absolute atomic E-state index is 0.0113. The standard InChI is InChI=1S/C20H21NO5/c1-12-9-19(14(3)15(4)20(12)26-16(5)22)25-11-13(2)17-7-6-8-18(10-17)21(23)24/h6-10H,2,11H2,1,3-5H3. The smallest absolute Gasteiger partial charge is 0.308 e. The number of benzene rings is 2. The fourth-order valence-electron chi connectivity index (χ4n) is 2.56. The molecule has 0 aliphatic heterocycles. The molecule has 6 nitrogen and oxygen atoms in total. The topological polar surface area (TPSA) is 78.7 Å². The van der Waals surface area contributed by atoms with Crippen LogP contribution in [-0.4, -0.2) is 17.5 Å². The van der Waals surface area contributed by atoms with Crippen LogP contribution >= 0.6 is 0 Å². The van der Waals surface area contributed by atoms with Crippen LogP contribution in [-0.2, 0) is 4.79 Å². The lowest BCUT2D eigenvalue weighted by atomic mass is 10.0. The molecule has 2 aromatic carbocycles. The summed E-state index contributed by atoms with van der Waals surface area (Å²) in [4.78, 5) is 21.7. The third kappa shape index (κ3) is 4.27. The molecule has 0 saturated heterocycles. The number of nitro benzene ring substituents is 1. The molecule has 0 spiro atoms. The predicted molar refractivity (Wildman–Crippen MR) is 99.6 cm³/mol. The van der Waals surface area contributed by atoms with Gasteiger partial charge in [-0.3, -0.25) is 14.9 Å². The van der Waals surface area contributed by atoms with E-state index in [0.29, 0.717) is 22.6 Å². The molecular weight excluding hydrogens is 334 g/mol. The van der Waals surface area contributed by atoms with Crippen LogP contribution in [0.5, 0.6) is 11.5 Å². The Hall–Kier alpha value is -3.15. The van der Waals surface area contributed by atoms with Crippen molar-refractivity contribution in [3.8, 4) is 11.5 Å². The SMILES string of the molecule is C=C(COc1cc(C)c(OC(C)=O)c(C)c1C)c1cccc([N+](=O)[O-])c1. The van der Waals surface area contributed by atoms with Crippen LogP contribution in [0.4, 0.5) is 5.69 Å². The second kappa shape index (κ2) is 7.82. The number of rotatable bonds is 6. The van der Waals surface area contributed by atoms with Gasteiger partial charge in [-0.15, -0.1) is 0 Å². The van der Waals surface area contributed by atoms with Gasteiger partial charge in [0.25, 0.3) is 5.69 Å². The van der Waals surface area contributed by atoms with Crippen molar-refractivity contribution in [3.63, 3.8) is 0 Å². The lowest BCUT2D eigenvalue weighted by Crippen LogP contribution is -2.07. The average molecular weight is 355 g/mol. The first-order chi connectivity index (χ1) is 12.2. The van der Waals surface area contributed by atoms with E-state index in [0.717, 1.165) is 16.7 Å². The summed E-state index contributed by atoms with van der Waals surface area (Å²) in [5, 5.41) is 10.9. The van der Waals surface area contributed by atoms with Crippen molar-refractivity contribution in [2.75, 3.05) is 6.61 Å². The van der Waals surface area contributed by atoms with E-state index in [1.54, 1.807) is 18.2 Å². The molecule has 0 aromatic heterocycles. The van der Waals surface area contributed by atoms with Gasteiger partial charge in [0.2, 0.25) is 0 Å². The molecule has 0 heterocycles. The number of nitrogens with zero attached hydrogens (tertiary/aromatic N) is 1. The van der Waals surface area contributed by atoms with E-state index in [4.69, 9.17) is 9.47 Å². The van der Waals surface area contributed by atoms with Crippen LogP contribution in [0, 0.1) is 30.9 Å². The number of carbonyl (C=O) groups is 1. The number of ether oxygens (including phenoxy) is 2. The highest BCUT2D eigenvalue weighted by Gasteiger charge is 2.15. The van der Waals surface area contributed by atoms with Gasteiger partial charge in [-0.05, 0) is 54.7 Å². The van der Waals surface area contributed by atoms with Gasteiger partial charge >= 0.3 is 5.97 Å². The van der Waals surface area contributed by atoms with Gasteiger partial charge in [0.05, 0.1) is 4.92 Å². The molecule has 2 rings (SSSR count). The Morgan fingerprint density at radius 3 is 2.50 bits per heavy atom. The average Bonchev–Trinajstić information content (AvgIpc) is 2.60. The zero-order valence-electron chi connectivity index (χ0n) is 15.3. The van der Waals surface area contributed by atoms with Crippen molar-refractivity contribution in [2.24, 2.45) is 0 Å². The second-order valence-electron chi connectivity index (χ2n) is 6.06. The summed E-state index contributed by atoms with van der Waals surface area (Å²) in [6.07, 6.45) is 0. The molecule has 0 amide bonds. The van der Waals surface area contributed by atoms with E-state index >= 15 is 0 Å². The fourth-order valence-corrected chi connectivity index (χ4v) is 2.56. The van der Waals surface area contributed by atoms with Crippen LogP contribution in [0.2, 0.25) is 0 Å². The molecule has 0 N–H and O–H groups in total. The number of carbonyl (C=O) groups excluding carboxylic acids is 1. The van der Waals surface area contributed by atoms with Crippen molar-refractivity contribution >= 4 is 17.2 Å². The summed E-state index contributed by atoms with van der Waals surface area (Å²) in [6.45, 7) is 11.1. The first-order valence-corrected chi connectivity index (χ1v) is 8.05. The molecule has 136 valence electrons. The van der Waals surface area contributed by atoms with Crippen molar-refractivity contribution in [1.82, 2.24) is 0 Å². The summed E-state index contributed by atoms with van der Waals surface area (Å²) in [5.41, 5.74) is 3.78. The molecule has 0 saturated carbocycles. The predicted octanol–water partition coefficient (Wildman–Crippen LogP) is 4.54. The molecule has 0 bridgehead atoms. The van der Waals surface area contributed by atoms with Crippen LogP contribution in [0.15, 0.2) is 36.9 Å². The molecule has 0 unspecified atom stereocenters. The number of esters is 1. The Morgan fingerprint density at radius 2 is 1.88 bits per heavy atom. The summed E-state index contributed by atoms with van der Waals surface area (Å²) in [7, 11) is 0. The second-order valence-corrected chi connectivity index (χ2v) is 6.06. The third-order valence-corrected chi connectivity index (χ3v) is 4.09. The number of nitro groups is 1. The number of non-ortho nitro benzene ring substituents is 1. The quantitative estimate of drug-likeness (QED) is 0.329. The van der Waals surface area contributed by atoms with Gasteiger partial charge in [0, 0.05) is 19.1 Å². The normalized spacial score (nSPS) is 10.3. The highest BCUT2D eigenvalue weighted by Crippen LogP contribution is 2.33. The van der Waals surface area contributed by atoms with Crippen LogP contribution in [0.25, 0.3) is 5.57 Å². The zero-order chi connectivity index (χ0) is 19.4. The van der Waals surface area contributed by atoms with Gasteiger partial charge in [0.1, 0.15) is 18.1 Å². The number of hydrogen-bond acceptors (Lipinski definition) is 5. The zero-order valence-corrected chi connectivity index (χ0v) is 15.3. The molecule has 0 radical (unpaired) electrons. The maximum absolute atomic E-state index is 11.2. The minimum atomic E-state index is -0.442. The molecule has 0 atom stereocenters. The third-order valence-electron chi connectivity index (χ3n) is 4.09. The van der Waals surface area contributed by atoms with Crippen molar-refractivity contribution in [2.45, 2.75) is 27.7 Å². The van der Waals surface area contributed by atoms with E-state index in [9.17, 15) is 14.9 Å². The van der Waals surface area contributed by atoms with E-state index < -0.39 is 4.92 Å². The van der Waals surface area contributed by atoms with Gasteiger partial charge in [-0.25, -0.2) is 0 Å². The van der Waals surface area contributed by atoms with Crippen LogP contribution in [0.3, 0.4) is 0 Å². The van der Waals surface area contributed by atoms with Gasteiger partial charge < -0.3 is 9.47 Å². The maximum Gasteiger partial charge on any atom is 0.308 e. The number of aryl methyl sites for hydroxylation is 1. The van der Waals surface area contributed by atoms with Crippen molar-refractivity contribution < 1.29 is 19.2 Å². The first kappa shape index (κ1) is 19.2. The number of hydrogen-bond donors (Lipinski definition) is 0. The molecule has 26 heavy (non-hydrogen) atoms. The Labute approximate surface area is 152 Å². The highest BCUT2D eigenvalue weighted by molar-refractivity contribution is 5.71. The summed E-state index contributed by atoms with van der Waals surface area (Å²) < 4.78 is 11.1. The van der Waals surface area contributed by atoms with Gasteiger partial charge in [-0.1, -0.05) is 18.7 Å². The lowest BCUT2D eigenvalue weighted by Gasteiger charge is -2.17. The van der Waals surface area contributed by atoms with E-state index in [1.807, 2.05) is 20.8 Å². The Balaban J connectivity index is 2.19. The molecule has 0 aliphatic rings. The van der Waals surface area contributed by atoms with Crippen molar-refractivity contribution in [3.05, 3.63) is 69.3 Å². The monoisotopic (exact) mass is 355 g/mol. The van der Waals surface area contributed by atoms with E-state index in [1.165, 1.54) is 19.1 Å². The van der Waals surface area contributed by atoms with Crippen LogP contribution in [0.1, 0.15) is 29.2 Å². The maximum atomic E-state index is 11.2. The largest absolute Gasteiger partial charge is 0.489 e. The summed E-state index contributed by atoms with van der Waals surface area (Å²) >= 11 is 0. The van der Waals surface area contributed by atoms with Gasteiger partial charge in [0.15, 0.2) is 0 Å². The fraction of sp³-hybridized carbons (Fsp3) is 0.250. The Bertz CT molecular complexity index is 886. The van der Waals surface area contributed by atoms with E-state index in [-0.39, 0.29) is 18.3 Å². The summed E-state index contributed by atoms with van der Waals surface area (Å²) in [6, 6.07) is 8.08.